The molecule has 1 amide bonds. The first kappa shape index (κ1) is 22.0. The van der Waals surface area contributed by atoms with Crippen molar-refractivity contribution < 1.29 is 9.32 Å². The summed E-state index contributed by atoms with van der Waals surface area (Å²) in [5.74, 6) is 0.107. The fourth-order valence-corrected chi connectivity index (χ4v) is 6.44. The van der Waals surface area contributed by atoms with E-state index < -0.39 is 5.91 Å². The summed E-state index contributed by atoms with van der Waals surface area (Å²) in [6.45, 7) is 3.85. The second-order valence-corrected chi connectivity index (χ2v) is 10.4. The first-order chi connectivity index (χ1) is 15.9. The summed E-state index contributed by atoms with van der Waals surface area (Å²) < 4.78 is 7.21. The van der Waals surface area contributed by atoms with Gasteiger partial charge in [-0.05, 0) is 54.4 Å². The molecule has 1 N–H and O–H groups in total. The van der Waals surface area contributed by atoms with Crippen LogP contribution in [0.4, 0.5) is 0 Å². The van der Waals surface area contributed by atoms with Crippen molar-refractivity contribution in [3.05, 3.63) is 96.4 Å². The Labute approximate surface area is 203 Å². The summed E-state index contributed by atoms with van der Waals surface area (Å²) in [7, 11) is 0. The third-order valence-corrected chi connectivity index (χ3v) is 7.79. The fourth-order valence-electron chi connectivity index (χ4n) is 4.10. The number of aryl methyl sites for hydroxylation is 2. The van der Waals surface area contributed by atoms with E-state index in [1.54, 1.807) is 29.2 Å². The number of amides is 1. The van der Waals surface area contributed by atoms with Gasteiger partial charge in [0.05, 0.1) is 17.9 Å². The van der Waals surface area contributed by atoms with Crippen LogP contribution < -0.4 is 10.7 Å². The molecule has 9 heteroatoms. The number of rotatable bonds is 4. The molecule has 33 heavy (non-hydrogen) atoms. The molecule has 0 bridgehead atoms. The summed E-state index contributed by atoms with van der Waals surface area (Å²) in [5, 5.41) is 11.5. The standard InChI is InChI=1S/C24H20ClN3O3S2/c1-13-7-17(31-27-13)11-26-24(30)23-19-10-21(15-5-6-32-12-15)33-22-9-16(25)3-4-18(22)28(19)14(2)8-20(23)29/h3-9,12,21H,10-11H2,1-2H3,(H,26,30)/t21-/m0/s1. The molecule has 0 fully saturated rings. The van der Waals surface area contributed by atoms with E-state index >= 15 is 0 Å². The quantitative estimate of drug-likeness (QED) is 0.404. The number of hydrogen-bond acceptors (Lipinski definition) is 6. The van der Waals surface area contributed by atoms with Crippen LogP contribution in [0.15, 0.2) is 61.4 Å². The summed E-state index contributed by atoms with van der Waals surface area (Å²) in [4.78, 5) is 27.4. The normalized spacial score (nSPS) is 14.9. The first-order valence-electron chi connectivity index (χ1n) is 10.4. The minimum absolute atomic E-state index is 0.0342. The molecule has 4 heterocycles. The van der Waals surface area contributed by atoms with Crippen LogP contribution in [0.2, 0.25) is 5.02 Å². The second-order valence-electron chi connectivity index (χ2n) is 7.90. The van der Waals surface area contributed by atoms with Crippen LogP contribution in [0.3, 0.4) is 0 Å². The van der Waals surface area contributed by atoms with Crippen molar-refractivity contribution in [1.29, 1.82) is 0 Å². The Balaban J connectivity index is 1.64. The summed E-state index contributed by atoms with van der Waals surface area (Å²) in [6.07, 6.45) is 0.523. The molecule has 1 aliphatic rings. The van der Waals surface area contributed by atoms with Gasteiger partial charge < -0.3 is 14.4 Å². The largest absolute Gasteiger partial charge is 0.359 e. The highest BCUT2D eigenvalue weighted by atomic mass is 35.5. The average molecular weight is 498 g/mol. The summed E-state index contributed by atoms with van der Waals surface area (Å²) in [6, 6.07) is 11.1. The molecular weight excluding hydrogens is 478 g/mol. The van der Waals surface area contributed by atoms with Crippen molar-refractivity contribution >= 4 is 40.6 Å². The molecule has 6 nitrogen and oxygen atoms in total. The molecule has 4 aromatic rings. The molecular formula is C24H20ClN3O3S2. The van der Waals surface area contributed by atoms with Gasteiger partial charge in [0.15, 0.2) is 11.2 Å². The molecule has 0 saturated heterocycles. The highest BCUT2D eigenvalue weighted by Gasteiger charge is 2.29. The molecule has 1 aliphatic heterocycles. The maximum absolute atomic E-state index is 13.3. The van der Waals surface area contributed by atoms with Gasteiger partial charge in [-0.2, -0.15) is 11.3 Å². The Morgan fingerprint density at radius 2 is 2.12 bits per heavy atom. The molecule has 0 radical (unpaired) electrons. The number of halogens is 1. The fraction of sp³-hybridized carbons (Fsp3) is 0.208. The number of carbonyl (C=O) groups excluding carboxylic acids is 1. The van der Waals surface area contributed by atoms with Crippen molar-refractivity contribution in [2.24, 2.45) is 0 Å². The van der Waals surface area contributed by atoms with E-state index in [2.05, 4.69) is 21.9 Å². The number of thioether (sulfide) groups is 1. The molecule has 1 atom stereocenters. The van der Waals surface area contributed by atoms with Crippen molar-refractivity contribution in [3.8, 4) is 5.69 Å². The highest BCUT2D eigenvalue weighted by molar-refractivity contribution is 7.99. The van der Waals surface area contributed by atoms with Crippen molar-refractivity contribution in [2.75, 3.05) is 0 Å². The Hall–Kier alpha value is -2.81. The van der Waals surface area contributed by atoms with Gasteiger partial charge in [0.25, 0.3) is 5.91 Å². The van der Waals surface area contributed by atoms with Crippen molar-refractivity contribution in [3.63, 3.8) is 0 Å². The lowest BCUT2D eigenvalue weighted by molar-refractivity contribution is 0.0944. The van der Waals surface area contributed by atoms with Gasteiger partial charge in [-0.15, -0.1) is 11.8 Å². The van der Waals surface area contributed by atoms with E-state index in [0.717, 1.165) is 27.5 Å². The SMILES string of the molecule is Cc1cc(CNC(=O)c2c3n(c(C)cc2=O)-c2ccc(Cl)cc2S[C@H](c2ccsc2)C3)on1. The number of aromatic nitrogens is 2. The lowest BCUT2D eigenvalue weighted by Crippen LogP contribution is -2.32. The van der Waals surface area contributed by atoms with Crippen LogP contribution in [0.1, 0.15) is 44.0 Å². The van der Waals surface area contributed by atoms with Crippen LogP contribution in [0, 0.1) is 13.8 Å². The Morgan fingerprint density at radius 3 is 2.85 bits per heavy atom. The number of pyridine rings is 1. The average Bonchev–Trinajstić information content (AvgIpc) is 3.41. The minimum Gasteiger partial charge on any atom is -0.359 e. The predicted octanol–water partition coefficient (Wildman–Crippen LogP) is 5.48. The topological polar surface area (TPSA) is 77.1 Å². The lowest BCUT2D eigenvalue weighted by atomic mass is 10.0. The summed E-state index contributed by atoms with van der Waals surface area (Å²) in [5.41, 5.74) is 4.12. The van der Waals surface area contributed by atoms with Gasteiger partial charge in [-0.1, -0.05) is 16.8 Å². The van der Waals surface area contributed by atoms with E-state index in [4.69, 9.17) is 16.1 Å². The van der Waals surface area contributed by atoms with Crippen LogP contribution in [-0.4, -0.2) is 15.6 Å². The smallest absolute Gasteiger partial charge is 0.257 e. The monoisotopic (exact) mass is 497 g/mol. The van der Waals surface area contributed by atoms with Gasteiger partial charge in [0.1, 0.15) is 5.56 Å². The van der Waals surface area contributed by atoms with Crippen LogP contribution in [0.5, 0.6) is 0 Å². The van der Waals surface area contributed by atoms with Crippen molar-refractivity contribution in [2.45, 2.75) is 37.0 Å². The zero-order valence-corrected chi connectivity index (χ0v) is 20.3. The third kappa shape index (κ3) is 4.26. The maximum Gasteiger partial charge on any atom is 0.257 e. The summed E-state index contributed by atoms with van der Waals surface area (Å²) >= 11 is 9.65. The number of hydrogen-bond donors (Lipinski definition) is 1. The van der Waals surface area contributed by atoms with E-state index in [-0.39, 0.29) is 22.8 Å². The van der Waals surface area contributed by atoms with E-state index in [9.17, 15) is 9.59 Å². The number of benzene rings is 1. The number of fused-ring (bicyclic) bond motifs is 3. The molecule has 0 saturated carbocycles. The zero-order chi connectivity index (χ0) is 23.1. The van der Waals surface area contributed by atoms with Crippen LogP contribution >= 0.6 is 34.7 Å². The number of nitrogens with zero attached hydrogens (tertiary/aromatic N) is 2. The Morgan fingerprint density at radius 1 is 1.27 bits per heavy atom. The molecule has 3 aromatic heterocycles. The van der Waals surface area contributed by atoms with Crippen LogP contribution in [-0.2, 0) is 13.0 Å². The third-order valence-electron chi connectivity index (χ3n) is 5.55. The Bertz CT molecular complexity index is 1410. The maximum atomic E-state index is 13.3. The van der Waals surface area contributed by atoms with E-state index in [0.29, 0.717) is 22.9 Å². The van der Waals surface area contributed by atoms with Crippen molar-refractivity contribution in [1.82, 2.24) is 15.0 Å². The molecule has 168 valence electrons. The molecule has 5 rings (SSSR count). The van der Waals surface area contributed by atoms with Gasteiger partial charge >= 0.3 is 0 Å². The van der Waals surface area contributed by atoms with E-state index in [1.165, 1.54) is 6.07 Å². The molecule has 0 spiro atoms. The van der Waals surface area contributed by atoms with E-state index in [1.807, 2.05) is 42.0 Å². The lowest BCUT2D eigenvalue weighted by Gasteiger charge is -2.19. The number of thiophene rings is 1. The van der Waals surface area contributed by atoms with Gasteiger partial charge in [0.2, 0.25) is 0 Å². The van der Waals surface area contributed by atoms with Gasteiger partial charge in [-0.3, -0.25) is 9.59 Å². The molecule has 0 unspecified atom stereocenters. The zero-order valence-electron chi connectivity index (χ0n) is 17.9. The number of nitrogens with one attached hydrogen (secondary N) is 1. The predicted molar refractivity (Wildman–Crippen MR) is 131 cm³/mol. The van der Waals surface area contributed by atoms with Gasteiger partial charge in [0, 0.05) is 45.1 Å². The second kappa shape index (κ2) is 8.85. The highest BCUT2D eigenvalue weighted by Crippen LogP contribution is 2.45. The van der Waals surface area contributed by atoms with Gasteiger partial charge in [-0.25, -0.2) is 0 Å². The Kier molecular flexibility index (Phi) is 5.90. The molecule has 1 aromatic carbocycles. The van der Waals surface area contributed by atoms with Crippen LogP contribution in [0.25, 0.3) is 5.69 Å². The number of carbonyl (C=O) groups is 1. The molecule has 0 aliphatic carbocycles. The minimum atomic E-state index is -0.427. The first-order valence-corrected chi connectivity index (χ1v) is 12.6.